The van der Waals surface area contributed by atoms with E-state index in [0.29, 0.717) is 12.2 Å². The van der Waals surface area contributed by atoms with Crippen molar-refractivity contribution in [3.05, 3.63) is 12.2 Å². The van der Waals surface area contributed by atoms with E-state index in [9.17, 15) is 0 Å². The lowest BCUT2D eigenvalue weighted by Gasteiger charge is -2.31. The van der Waals surface area contributed by atoms with E-state index in [1.165, 1.54) is 51.4 Å². The second-order valence-corrected chi connectivity index (χ2v) is 5.86. The molecule has 1 saturated carbocycles. The van der Waals surface area contributed by atoms with Gasteiger partial charge in [0.2, 0.25) is 0 Å². The summed E-state index contributed by atoms with van der Waals surface area (Å²) in [6.07, 6.45) is 16.5. The van der Waals surface area contributed by atoms with Crippen molar-refractivity contribution >= 4 is 0 Å². The summed E-state index contributed by atoms with van der Waals surface area (Å²) in [7, 11) is 0. The molecule has 2 atom stereocenters. The highest BCUT2D eigenvalue weighted by Crippen LogP contribution is 2.37. The molecule has 0 N–H and O–H groups in total. The van der Waals surface area contributed by atoms with Crippen LogP contribution in [0.2, 0.25) is 0 Å². The van der Waals surface area contributed by atoms with Crippen LogP contribution < -0.4 is 0 Å². The van der Waals surface area contributed by atoms with Crippen molar-refractivity contribution in [3.8, 4) is 0 Å². The topological polar surface area (TPSA) is 9.23 Å². The highest BCUT2D eigenvalue weighted by atomic mass is 16.5. The van der Waals surface area contributed by atoms with Gasteiger partial charge in [-0.1, -0.05) is 25.5 Å². The molecule has 2 fully saturated rings. The smallest absolute Gasteiger partial charge is 0.0608 e. The average Bonchev–Trinajstić information content (AvgIpc) is 2.80. The van der Waals surface area contributed by atoms with Crippen LogP contribution in [0.5, 0.6) is 0 Å². The minimum Gasteiger partial charge on any atom is -0.375 e. The fraction of sp³-hybridized carbons (Fsp3) is 0.875. The van der Waals surface area contributed by atoms with Gasteiger partial charge in [0.05, 0.1) is 12.2 Å². The van der Waals surface area contributed by atoms with Gasteiger partial charge >= 0.3 is 0 Å². The first kappa shape index (κ1) is 13.1. The molecule has 0 aromatic rings. The molecule has 0 radical (unpaired) electrons. The molecule has 98 valence electrons. The van der Waals surface area contributed by atoms with Crippen LogP contribution in [-0.4, -0.2) is 12.2 Å². The zero-order valence-corrected chi connectivity index (χ0v) is 11.5. The van der Waals surface area contributed by atoms with Gasteiger partial charge in [-0.05, 0) is 63.7 Å². The van der Waals surface area contributed by atoms with Crippen LogP contribution in [-0.2, 0) is 4.74 Å². The Bertz CT molecular complexity index is 238. The fourth-order valence-corrected chi connectivity index (χ4v) is 3.60. The van der Waals surface area contributed by atoms with E-state index in [1.807, 2.05) is 0 Å². The van der Waals surface area contributed by atoms with Gasteiger partial charge < -0.3 is 4.74 Å². The highest BCUT2D eigenvalue weighted by Gasteiger charge is 2.33. The Morgan fingerprint density at radius 3 is 2.47 bits per heavy atom. The molecule has 1 heteroatoms. The SMILES string of the molecule is CC=CC1CCC(C2CCC(CCC)O2)CC1. The van der Waals surface area contributed by atoms with Crippen molar-refractivity contribution in [3.63, 3.8) is 0 Å². The quantitative estimate of drug-likeness (QED) is 0.642. The average molecular weight is 236 g/mol. The van der Waals surface area contributed by atoms with E-state index in [4.69, 9.17) is 4.74 Å². The molecule has 1 aliphatic heterocycles. The summed E-state index contributed by atoms with van der Waals surface area (Å²) in [5.74, 6) is 1.71. The lowest BCUT2D eigenvalue weighted by atomic mass is 9.79. The van der Waals surface area contributed by atoms with Crippen LogP contribution in [0, 0.1) is 11.8 Å². The van der Waals surface area contributed by atoms with Crippen molar-refractivity contribution < 1.29 is 4.74 Å². The van der Waals surface area contributed by atoms with Crippen LogP contribution in [0.4, 0.5) is 0 Å². The predicted molar refractivity (Wildman–Crippen MR) is 73.1 cm³/mol. The number of hydrogen-bond donors (Lipinski definition) is 0. The van der Waals surface area contributed by atoms with Gasteiger partial charge in [-0.2, -0.15) is 0 Å². The molecule has 0 spiro atoms. The van der Waals surface area contributed by atoms with Crippen molar-refractivity contribution in [1.29, 1.82) is 0 Å². The monoisotopic (exact) mass is 236 g/mol. The van der Waals surface area contributed by atoms with E-state index >= 15 is 0 Å². The molecule has 0 bridgehead atoms. The maximum atomic E-state index is 6.22. The molecule has 2 unspecified atom stereocenters. The summed E-state index contributed by atoms with van der Waals surface area (Å²) in [6.45, 7) is 4.40. The molecule has 2 aliphatic rings. The van der Waals surface area contributed by atoms with Gasteiger partial charge in [-0.15, -0.1) is 0 Å². The van der Waals surface area contributed by atoms with E-state index in [0.717, 1.165) is 11.8 Å². The summed E-state index contributed by atoms with van der Waals surface area (Å²) in [5.41, 5.74) is 0. The van der Waals surface area contributed by atoms with Gasteiger partial charge in [-0.3, -0.25) is 0 Å². The molecule has 1 saturated heterocycles. The molecule has 17 heavy (non-hydrogen) atoms. The maximum Gasteiger partial charge on any atom is 0.0608 e. The first-order chi connectivity index (χ1) is 8.33. The molecule has 2 rings (SSSR count). The molecule has 0 aromatic carbocycles. The van der Waals surface area contributed by atoms with Crippen molar-refractivity contribution in [2.24, 2.45) is 11.8 Å². The lowest BCUT2D eigenvalue weighted by molar-refractivity contribution is -0.00524. The third-order valence-corrected chi connectivity index (χ3v) is 4.56. The van der Waals surface area contributed by atoms with E-state index in [-0.39, 0.29) is 0 Å². The minimum absolute atomic E-state index is 0.582. The number of hydrogen-bond acceptors (Lipinski definition) is 1. The Hall–Kier alpha value is -0.300. The minimum atomic E-state index is 0.582. The summed E-state index contributed by atoms with van der Waals surface area (Å²) in [4.78, 5) is 0. The van der Waals surface area contributed by atoms with Crippen LogP contribution >= 0.6 is 0 Å². The van der Waals surface area contributed by atoms with Crippen LogP contribution in [0.15, 0.2) is 12.2 Å². The third kappa shape index (κ3) is 3.58. The van der Waals surface area contributed by atoms with E-state index in [2.05, 4.69) is 26.0 Å². The summed E-state index contributed by atoms with van der Waals surface area (Å²) >= 11 is 0. The standard InChI is InChI=1S/C16H28O/c1-3-5-13-7-9-14(10-8-13)16-12-11-15(17-16)6-4-2/h3,5,13-16H,4,6-12H2,1-2H3. The van der Waals surface area contributed by atoms with Crippen LogP contribution in [0.25, 0.3) is 0 Å². The van der Waals surface area contributed by atoms with Gasteiger partial charge in [0.15, 0.2) is 0 Å². The summed E-state index contributed by atoms with van der Waals surface area (Å²) in [6, 6.07) is 0. The highest BCUT2D eigenvalue weighted by molar-refractivity contribution is 4.91. The number of rotatable bonds is 4. The zero-order valence-electron chi connectivity index (χ0n) is 11.5. The molecule has 1 nitrogen and oxygen atoms in total. The second-order valence-electron chi connectivity index (χ2n) is 5.86. The first-order valence-electron chi connectivity index (χ1n) is 7.61. The molecular weight excluding hydrogens is 208 g/mol. The normalized spacial score (nSPS) is 38.9. The van der Waals surface area contributed by atoms with Crippen LogP contribution in [0.3, 0.4) is 0 Å². The van der Waals surface area contributed by atoms with Gasteiger partial charge in [0, 0.05) is 0 Å². The Kier molecular flexibility index (Phi) is 5.09. The molecule has 0 amide bonds. The Morgan fingerprint density at radius 2 is 1.82 bits per heavy atom. The third-order valence-electron chi connectivity index (χ3n) is 4.56. The number of ether oxygens (including phenoxy) is 1. The fourth-order valence-electron chi connectivity index (χ4n) is 3.60. The summed E-state index contributed by atoms with van der Waals surface area (Å²) < 4.78 is 6.22. The van der Waals surface area contributed by atoms with Gasteiger partial charge in [-0.25, -0.2) is 0 Å². The van der Waals surface area contributed by atoms with Gasteiger partial charge in [0.25, 0.3) is 0 Å². The predicted octanol–water partition coefficient (Wildman–Crippen LogP) is 4.72. The Balaban J connectivity index is 1.74. The Labute approximate surface area is 107 Å². The largest absolute Gasteiger partial charge is 0.375 e. The van der Waals surface area contributed by atoms with E-state index in [1.54, 1.807) is 0 Å². The van der Waals surface area contributed by atoms with E-state index < -0.39 is 0 Å². The van der Waals surface area contributed by atoms with Gasteiger partial charge in [0.1, 0.15) is 0 Å². The first-order valence-corrected chi connectivity index (χ1v) is 7.61. The Morgan fingerprint density at radius 1 is 1.06 bits per heavy atom. The van der Waals surface area contributed by atoms with Crippen molar-refractivity contribution in [1.82, 2.24) is 0 Å². The van der Waals surface area contributed by atoms with Crippen molar-refractivity contribution in [2.75, 3.05) is 0 Å². The van der Waals surface area contributed by atoms with Crippen LogP contribution in [0.1, 0.15) is 65.2 Å². The lowest BCUT2D eigenvalue weighted by Crippen LogP contribution is -2.25. The second kappa shape index (κ2) is 6.58. The van der Waals surface area contributed by atoms with Crippen molar-refractivity contribution in [2.45, 2.75) is 77.4 Å². The zero-order chi connectivity index (χ0) is 12.1. The molecule has 1 aliphatic carbocycles. The molecule has 1 heterocycles. The number of allylic oxidation sites excluding steroid dienone is 2. The molecular formula is C16H28O. The molecule has 0 aromatic heterocycles. The summed E-state index contributed by atoms with van der Waals surface area (Å²) in [5, 5.41) is 0. The maximum absolute atomic E-state index is 6.22.